The molecule has 4 aromatic rings. The van der Waals surface area contributed by atoms with Crippen LogP contribution >= 0.6 is 11.6 Å². The average Bonchev–Trinajstić information content (AvgIpc) is 2.92. The largest absolute Gasteiger partial charge is 0.489 e. The van der Waals surface area contributed by atoms with E-state index < -0.39 is 0 Å². The summed E-state index contributed by atoms with van der Waals surface area (Å²) in [6, 6.07) is 38.4. The lowest BCUT2D eigenvalue weighted by Crippen LogP contribution is -2.35. The third kappa shape index (κ3) is 6.33. The zero-order valence-electron chi connectivity index (χ0n) is 20.0. The van der Waals surface area contributed by atoms with Crippen LogP contribution in [0.25, 0.3) is 0 Å². The predicted molar refractivity (Wildman–Crippen MR) is 145 cm³/mol. The molecule has 0 amide bonds. The van der Waals surface area contributed by atoms with Gasteiger partial charge in [-0.3, -0.25) is 4.90 Å². The number of hydrogen-bond acceptors (Lipinski definition) is 2. The second kappa shape index (κ2) is 11.6. The van der Waals surface area contributed by atoms with Crippen LogP contribution in [0.5, 0.6) is 5.75 Å². The van der Waals surface area contributed by atoms with E-state index in [1.807, 2.05) is 24.3 Å². The molecule has 0 radical (unpaired) electrons. The van der Waals surface area contributed by atoms with Gasteiger partial charge in [-0.05, 0) is 78.4 Å². The summed E-state index contributed by atoms with van der Waals surface area (Å²) in [4.78, 5) is 2.59. The summed E-state index contributed by atoms with van der Waals surface area (Å²) >= 11 is 5.96. The van der Waals surface area contributed by atoms with E-state index in [0.717, 1.165) is 36.0 Å². The van der Waals surface area contributed by atoms with Gasteiger partial charge in [0.2, 0.25) is 0 Å². The lowest BCUT2D eigenvalue weighted by atomic mass is 9.76. The molecule has 0 bridgehead atoms. The zero-order valence-corrected chi connectivity index (χ0v) is 20.8. The number of piperidine rings is 1. The van der Waals surface area contributed by atoms with Gasteiger partial charge in [-0.1, -0.05) is 96.5 Å². The summed E-state index contributed by atoms with van der Waals surface area (Å²) < 4.78 is 5.94. The van der Waals surface area contributed by atoms with Crippen LogP contribution in [0.4, 0.5) is 0 Å². The second-order valence-electron chi connectivity index (χ2n) is 9.47. The molecule has 2 nitrogen and oxygen atoms in total. The predicted octanol–water partition coefficient (Wildman–Crippen LogP) is 7.96. The fourth-order valence-electron chi connectivity index (χ4n) is 5.20. The SMILES string of the molecule is Clc1ccc(COc2ccc(CN3CCC(C(c4ccccc4)c4ccccc4)CC3)cc2)cc1. The molecular weight excluding hydrogens is 450 g/mol. The first-order valence-electron chi connectivity index (χ1n) is 12.5. The standard InChI is InChI=1S/C32H32ClNO/c33-30-15-11-26(12-16-30)24-35-31-17-13-25(14-18-31)23-34-21-19-29(20-22-34)32(27-7-3-1-4-8-27)28-9-5-2-6-10-28/h1-18,29,32H,19-24H2. The van der Waals surface area contributed by atoms with Gasteiger partial charge in [0.05, 0.1) is 0 Å². The van der Waals surface area contributed by atoms with E-state index in [-0.39, 0.29) is 0 Å². The third-order valence-corrected chi connectivity index (χ3v) is 7.32. The van der Waals surface area contributed by atoms with Crippen molar-refractivity contribution >= 4 is 11.6 Å². The first-order valence-corrected chi connectivity index (χ1v) is 12.9. The van der Waals surface area contributed by atoms with Gasteiger partial charge >= 0.3 is 0 Å². The number of ether oxygens (including phenoxy) is 1. The van der Waals surface area contributed by atoms with Crippen molar-refractivity contribution in [2.45, 2.75) is 31.9 Å². The molecule has 0 atom stereocenters. The lowest BCUT2D eigenvalue weighted by Gasteiger charge is -2.36. The molecule has 1 aliphatic heterocycles. The second-order valence-corrected chi connectivity index (χ2v) is 9.91. The Hall–Kier alpha value is -3.07. The minimum atomic E-state index is 0.469. The van der Waals surface area contributed by atoms with E-state index in [1.165, 1.54) is 29.5 Å². The molecule has 1 heterocycles. The van der Waals surface area contributed by atoms with Crippen LogP contribution in [-0.4, -0.2) is 18.0 Å². The normalized spacial score (nSPS) is 14.8. The first-order chi connectivity index (χ1) is 17.2. The Morgan fingerprint density at radius 3 is 1.80 bits per heavy atom. The van der Waals surface area contributed by atoms with Crippen LogP contribution in [0.1, 0.15) is 41.0 Å². The Balaban J connectivity index is 1.16. The van der Waals surface area contributed by atoms with Gasteiger partial charge in [-0.2, -0.15) is 0 Å². The molecule has 5 rings (SSSR count). The van der Waals surface area contributed by atoms with E-state index in [0.29, 0.717) is 18.4 Å². The molecule has 0 aromatic heterocycles. The van der Waals surface area contributed by atoms with Gasteiger partial charge in [-0.25, -0.2) is 0 Å². The van der Waals surface area contributed by atoms with Gasteiger partial charge < -0.3 is 4.74 Å². The number of rotatable bonds is 8. The lowest BCUT2D eigenvalue weighted by molar-refractivity contribution is 0.168. The van der Waals surface area contributed by atoms with Crippen molar-refractivity contribution < 1.29 is 4.74 Å². The van der Waals surface area contributed by atoms with E-state index in [9.17, 15) is 0 Å². The molecule has 0 aliphatic carbocycles. The van der Waals surface area contributed by atoms with E-state index >= 15 is 0 Å². The van der Waals surface area contributed by atoms with Crippen LogP contribution in [0.3, 0.4) is 0 Å². The number of halogens is 1. The van der Waals surface area contributed by atoms with Crippen molar-refractivity contribution in [2.75, 3.05) is 13.1 Å². The molecule has 3 heteroatoms. The topological polar surface area (TPSA) is 12.5 Å². The molecule has 4 aromatic carbocycles. The Morgan fingerprint density at radius 1 is 0.686 bits per heavy atom. The smallest absolute Gasteiger partial charge is 0.119 e. The molecule has 1 aliphatic rings. The maximum Gasteiger partial charge on any atom is 0.119 e. The van der Waals surface area contributed by atoms with Gasteiger partial charge in [0.25, 0.3) is 0 Å². The molecule has 0 N–H and O–H groups in total. The molecule has 178 valence electrons. The van der Waals surface area contributed by atoms with Crippen LogP contribution in [0.15, 0.2) is 109 Å². The Morgan fingerprint density at radius 2 is 1.23 bits per heavy atom. The van der Waals surface area contributed by atoms with E-state index in [1.54, 1.807) is 0 Å². The molecular formula is C32H32ClNO. The van der Waals surface area contributed by atoms with Crippen LogP contribution < -0.4 is 4.74 Å². The molecule has 1 saturated heterocycles. The van der Waals surface area contributed by atoms with Crippen molar-refractivity contribution in [3.05, 3.63) is 136 Å². The highest BCUT2D eigenvalue weighted by atomic mass is 35.5. The molecule has 0 unspecified atom stereocenters. The number of benzene rings is 4. The van der Waals surface area contributed by atoms with Crippen LogP contribution in [0.2, 0.25) is 5.02 Å². The molecule has 1 fully saturated rings. The van der Waals surface area contributed by atoms with Crippen LogP contribution in [0, 0.1) is 5.92 Å². The Bertz CT molecular complexity index is 1130. The highest BCUT2D eigenvalue weighted by Gasteiger charge is 2.28. The van der Waals surface area contributed by atoms with Crippen molar-refractivity contribution in [3.63, 3.8) is 0 Å². The van der Waals surface area contributed by atoms with Crippen molar-refractivity contribution in [1.29, 1.82) is 0 Å². The highest BCUT2D eigenvalue weighted by molar-refractivity contribution is 6.30. The summed E-state index contributed by atoms with van der Waals surface area (Å²) in [5.74, 6) is 2.03. The minimum Gasteiger partial charge on any atom is -0.489 e. The number of nitrogens with zero attached hydrogens (tertiary/aromatic N) is 1. The average molecular weight is 482 g/mol. The van der Waals surface area contributed by atoms with Crippen molar-refractivity contribution in [3.8, 4) is 5.75 Å². The first kappa shape index (κ1) is 23.7. The summed E-state index contributed by atoms with van der Waals surface area (Å²) in [6.45, 7) is 3.81. The van der Waals surface area contributed by atoms with Gasteiger partial charge in [0, 0.05) is 17.5 Å². The van der Waals surface area contributed by atoms with Crippen LogP contribution in [-0.2, 0) is 13.2 Å². The molecule has 0 saturated carbocycles. The molecule has 35 heavy (non-hydrogen) atoms. The minimum absolute atomic E-state index is 0.469. The maximum atomic E-state index is 5.96. The number of likely N-dealkylation sites (tertiary alicyclic amines) is 1. The van der Waals surface area contributed by atoms with E-state index in [4.69, 9.17) is 16.3 Å². The Kier molecular flexibility index (Phi) is 7.82. The quantitative estimate of drug-likeness (QED) is 0.253. The summed E-state index contributed by atoms with van der Waals surface area (Å²) in [5.41, 5.74) is 5.33. The van der Waals surface area contributed by atoms with Gasteiger partial charge in [-0.15, -0.1) is 0 Å². The monoisotopic (exact) mass is 481 g/mol. The number of hydrogen-bond donors (Lipinski definition) is 0. The fraction of sp³-hybridized carbons (Fsp3) is 0.250. The van der Waals surface area contributed by atoms with Crippen molar-refractivity contribution in [1.82, 2.24) is 4.90 Å². The summed E-state index contributed by atoms with van der Waals surface area (Å²) in [6.07, 6.45) is 2.44. The third-order valence-electron chi connectivity index (χ3n) is 7.07. The van der Waals surface area contributed by atoms with E-state index in [2.05, 4.69) is 89.8 Å². The fourth-order valence-corrected chi connectivity index (χ4v) is 5.32. The Labute approximate surface area is 214 Å². The van der Waals surface area contributed by atoms with Gasteiger partial charge in [0.1, 0.15) is 12.4 Å². The molecule has 0 spiro atoms. The summed E-state index contributed by atoms with van der Waals surface area (Å²) in [7, 11) is 0. The highest BCUT2D eigenvalue weighted by Crippen LogP contribution is 2.38. The summed E-state index contributed by atoms with van der Waals surface area (Å²) in [5, 5.41) is 0.748. The van der Waals surface area contributed by atoms with Gasteiger partial charge in [0.15, 0.2) is 0 Å². The van der Waals surface area contributed by atoms with Crippen molar-refractivity contribution in [2.24, 2.45) is 5.92 Å². The zero-order chi connectivity index (χ0) is 23.9. The maximum absolute atomic E-state index is 5.96.